The Hall–Kier alpha value is -0.960. The molecule has 0 spiro atoms. The van der Waals surface area contributed by atoms with Crippen molar-refractivity contribution in [1.29, 1.82) is 0 Å². The summed E-state index contributed by atoms with van der Waals surface area (Å²) >= 11 is 5.51. The number of hydrogen-bond acceptors (Lipinski definition) is 2. The molecule has 11 heavy (non-hydrogen) atoms. The Labute approximate surface area is 69.0 Å². The van der Waals surface area contributed by atoms with Gasteiger partial charge in [-0.1, -0.05) is 11.6 Å². The highest BCUT2D eigenvalue weighted by Crippen LogP contribution is 2.04. The van der Waals surface area contributed by atoms with E-state index in [1.54, 1.807) is 0 Å². The summed E-state index contributed by atoms with van der Waals surface area (Å²) in [6.07, 6.45) is 1.45. The summed E-state index contributed by atoms with van der Waals surface area (Å²) < 4.78 is 4.99. The molecule has 1 heterocycles. The number of aromatic nitrogens is 1. The van der Waals surface area contributed by atoms with Crippen LogP contribution in [0.1, 0.15) is 6.92 Å². The first-order valence-electron chi connectivity index (χ1n) is 3.25. The lowest BCUT2D eigenvalue weighted by molar-refractivity contribution is 0.336. The van der Waals surface area contributed by atoms with Gasteiger partial charge in [0, 0.05) is 12.3 Å². The molecule has 3 nitrogen and oxygen atoms in total. The number of aromatic amines is 1. The van der Waals surface area contributed by atoms with Gasteiger partial charge in [0.05, 0.1) is 6.61 Å². The van der Waals surface area contributed by atoms with Gasteiger partial charge in [-0.3, -0.25) is 4.79 Å². The topological polar surface area (TPSA) is 42.1 Å². The first kappa shape index (κ1) is 8.14. The van der Waals surface area contributed by atoms with Crippen molar-refractivity contribution in [3.63, 3.8) is 0 Å². The molecule has 1 rings (SSSR count). The minimum Gasteiger partial charge on any atom is -0.488 e. The number of hydrogen-bond donors (Lipinski definition) is 1. The summed E-state index contributed by atoms with van der Waals surface area (Å²) in [5, 5.41) is 0.318. The Morgan fingerprint density at radius 3 is 3.00 bits per heavy atom. The van der Waals surface area contributed by atoms with Crippen molar-refractivity contribution < 1.29 is 4.74 Å². The average molecular weight is 174 g/mol. The molecule has 0 bridgehead atoms. The average Bonchev–Trinajstić information content (AvgIpc) is 1.95. The predicted molar refractivity (Wildman–Crippen MR) is 43.2 cm³/mol. The second kappa shape index (κ2) is 3.44. The molecule has 0 radical (unpaired) electrons. The number of H-pyrrole nitrogens is 1. The van der Waals surface area contributed by atoms with Gasteiger partial charge in [-0.15, -0.1) is 0 Å². The summed E-state index contributed by atoms with van der Waals surface area (Å²) in [7, 11) is 0. The quantitative estimate of drug-likeness (QED) is 0.688. The van der Waals surface area contributed by atoms with Crippen molar-refractivity contribution in [2.24, 2.45) is 0 Å². The molecule has 0 saturated heterocycles. The zero-order valence-electron chi connectivity index (χ0n) is 6.06. The Bertz CT molecular complexity index is 295. The van der Waals surface area contributed by atoms with Gasteiger partial charge >= 0.3 is 0 Å². The van der Waals surface area contributed by atoms with Crippen LogP contribution in [0.15, 0.2) is 17.1 Å². The van der Waals surface area contributed by atoms with Gasteiger partial charge in [0.25, 0.3) is 0 Å². The zero-order valence-corrected chi connectivity index (χ0v) is 6.81. The zero-order chi connectivity index (χ0) is 8.27. The molecule has 1 N–H and O–H groups in total. The second-order valence-electron chi connectivity index (χ2n) is 1.94. The van der Waals surface area contributed by atoms with Gasteiger partial charge in [-0.25, -0.2) is 0 Å². The van der Waals surface area contributed by atoms with Gasteiger partial charge in [-0.2, -0.15) is 0 Å². The van der Waals surface area contributed by atoms with E-state index in [9.17, 15) is 4.79 Å². The maximum absolute atomic E-state index is 11.0. The van der Waals surface area contributed by atoms with E-state index < -0.39 is 0 Å². The highest BCUT2D eigenvalue weighted by molar-refractivity contribution is 6.29. The number of pyridine rings is 1. The molecule has 0 aliphatic rings. The Kier molecular flexibility index (Phi) is 2.54. The standard InChI is InChI=1S/C7H8ClNO2/c1-2-11-6-4-9-7(8)3-5(6)10/h3-4H,2H2,1H3,(H,9,10). The summed E-state index contributed by atoms with van der Waals surface area (Å²) in [6, 6.07) is 1.28. The molecule has 4 heteroatoms. The Morgan fingerprint density at radius 1 is 1.73 bits per heavy atom. The second-order valence-corrected chi connectivity index (χ2v) is 2.35. The van der Waals surface area contributed by atoms with Gasteiger partial charge in [-0.05, 0) is 6.92 Å². The normalized spacial score (nSPS) is 9.64. The van der Waals surface area contributed by atoms with Crippen LogP contribution in [0, 0.1) is 0 Å². The van der Waals surface area contributed by atoms with E-state index in [1.807, 2.05) is 6.92 Å². The van der Waals surface area contributed by atoms with Gasteiger partial charge in [0.2, 0.25) is 5.43 Å². The van der Waals surface area contributed by atoms with Crippen LogP contribution < -0.4 is 10.2 Å². The van der Waals surface area contributed by atoms with E-state index in [2.05, 4.69) is 4.98 Å². The molecule has 0 fully saturated rings. The van der Waals surface area contributed by atoms with Crippen molar-refractivity contribution >= 4 is 11.6 Å². The van der Waals surface area contributed by atoms with Crippen LogP contribution in [0.2, 0.25) is 5.15 Å². The van der Waals surface area contributed by atoms with Crippen LogP contribution in [0.3, 0.4) is 0 Å². The van der Waals surface area contributed by atoms with Gasteiger partial charge in [0.15, 0.2) is 5.75 Å². The van der Waals surface area contributed by atoms with Crippen LogP contribution in [0.25, 0.3) is 0 Å². The maximum atomic E-state index is 11.0. The lowest BCUT2D eigenvalue weighted by atomic mass is 10.4. The van der Waals surface area contributed by atoms with Crippen molar-refractivity contribution in [3.8, 4) is 5.75 Å². The first-order valence-corrected chi connectivity index (χ1v) is 3.63. The lowest BCUT2D eigenvalue weighted by Gasteiger charge is -1.99. The fourth-order valence-electron chi connectivity index (χ4n) is 0.702. The van der Waals surface area contributed by atoms with Crippen molar-refractivity contribution in [3.05, 3.63) is 27.6 Å². The fraction of sp³-hybridized carbons (Fsp3) is 0.286. The molecule has 0 amide bonds. The van der Waals surface area contributed by atoms with Crippen molar-refractivity contribution in [2.45, 2.75) is 6.92 Å². The summed E-state index contributed by atoms with van der Waals surface area (Å²) in [6.45, 7) is 2.29. The van der Waals surface area contributed by atoms with Crippen LogP contribution in [-0.2, 0) is 0 Å². The third-order valence-electron chi connectivity index (χ3n) is 1.14. The lowest BCUT2D eigenvalue weighted by Crippen LogP contribution is -2.06. The number of nitrogens with one attached hydrogen (secondary N) is 1. The van der Waals surface area contributed by atoms with E-state index in [0.717, 1.165) is 0 Å². The highest BCUT2D eigenvalue weighted by Gasteiger charge is 1.98. The number of rotatable bonds is 2. The minimum atomic E-state index is -0.199. The highest BCUT2D eigenvalue weighted by atomic mass is 35.5. The van der Waals surface area contributed by atoms with E-state index in [0.29, 0.717) is 17.5 Å². The SMILES string of the molecule is CCOc1c[nH]c(Cl)cc1=O. The van der Waals surface area contributed by atoms with Gasteiger partial charge < -0.3 is 9.72 Å². The van der Waals surface area contributed by atoms with E-state index >= 15 is 0 Å². The van der Waals surface area contributed by atoms with Crippen LogP contribution in [0.5, 0.6) is 5.75 Å². The van der Waals surface area contributed by atoms with Crippen LogP contribution in [0.4, 0.5) is 0 Å². The molecule has 60 valence electrons. The molecule has 0 saturated carbocycles. The van der Waals surface area contributed by atoms with Crippen molar-refractivity contribution in [1.82, 2.24) is 4.98 Å². The maximum Gasteiger partial charge on any atom is 0.224 e. The minimum absolute atomic E-state index is 0.199. The monoisotopic (exact) mass is 173 g/mol. The Balaban J connectivity index is 3.00. The molecule has 0 aliphatic carbocycles. The van der Waals surface area contributed by atoms with Crippen molar-refractivity contribution in [2.75, 3.05) is 6.61 Å². The smallest absolute Gasteiger partial charge is 0.224 e. The molecule has 0 aromatic carbocycles. The molecular weight excluding hydrogens is 166 g/mol. The molecule has 1 aromatic rings. The predicted octanol–water partition coefficient (Wildman–Crippen LogP) is 1.43. The number of halogens is 1. The molecule has 0 atom stereocenters. The van der Waals surface area contributed by atoms with E-state index in [4.69, 9.17) is 16.3 Å². The third kappa shape index (κ3) is 1.98. The largest absolute Gasteiger partial charge is 0.488 e. The Morgan fingerprint density at radius 2 is 2.45 bits per heavy atom. The van der Waals surface area contributed by atoms with Crippen LogP contribution in [-0.4, -0.2) is 11.6 Å². The first-order chi connectivity index (χ1) is 5.24. The van der Waals surface area contributed by atoms with Crippen LogP contribution >= 0.6 is 11.6 Å². The molecule has 1 aromatic heterocycles. The van der Waals surface area contributed by atoms with E-state index in [-0.39, 0.29) is 5.43 Å². The van der Waals surface area contributed by atoms with E-state index in [1.165, 1.54) is 12.3 Å². The summed E-state index contributed by atoms with van der Waals surface area (Å²) in [5.74, 6) is 0.303. The molecule has 0 aliphatic heterocycles. The summed E-state index contributed by atoms with van der Waals surface area (Å²) in [5.41, 5.74) is -0.199. The number of ether oxygens (including phenoxy) is 1. The molecular formula is C7H8ClNO2. The fourth-order valence-corrected chi connectivity index (χ4v) is 0.855. The third-order valence-corrected chi connectivity index (χ3v) is 1.36. The van der Waals surface area contributed by atoms with Gasteiger partial charge in [0.1, 0.15) is 5.15 Å². The summed E-state index contributed by atoms with van der Waals surface area (Å²) in [4.78, 5) is 13.7. The molecule has 0 unspecified atom stereocenters.